The van der Waals surface area contributed by atoms with Gasteiger partial charge in [0, 0.05) is 12.1 Å². The summed E-state index contributed by atoms with van der Waals surface area (Å²) in [7, 11) is 0. The average molecular weight is 267 g/mol. The first-order valence-corrected chi connectivity index (χ1v) is 6.68. The Bertz CT molecular complexity index is 459. The van der Waals surface area contributed by atoms with Crippen molar-refractivity contribution in [2.24, 2.45) is 0 Å². The molecule has 0 radical (unpaired) electrons. The van der Waals surface area contributed by atoms with Gasteiger partial charge in [0.1, 0.15) is 11.6 Å². The van der Waals surface area contributed by atoms with Gasteiger partial charge in [-0.05, 0) is 50.4 Å². The molecule has 2 rings (SSSR count). The fourth-order valence-electron chi connectivity index (χ4n) is 2.33. The number of allylic oxidation sites excluding steroid dienone is 1. The summed E-state index contributed by atoms with van der Waals surface area (Å²) in [5, 5.41) is 12.9. The molecule has 0 aromatic heterocycles. The molecule has 0 saturated carbocycles. The molecule has 1 aromatic rings. The highest BCUT2D eigenvalue weighted by Gasteiger charge is 2.13. The summed E-state index contributed by atoms with van der Waals surface area (Å²) in [6, 6.07) is 3.13. The van der Waals surface area contributed by atoms with Crippen molar-refractivity contribution in [1.82, 2.24) is 5.32 Å². The van der Waals surface area contributed by atoms with Crippen LogP contribution in [-0.2, 0) is 0 Å². The van der Waals surface area contributed by atoms with E-state index in [1.54, 1.807) is 0 Å². The Labute approximate surface area is 112 Å². The van der Waals surface area contributed by atoms with Gasteiger partial charge in [-0.2, -0.15) is 0 Å². The highest BCUT2D eigenvalue weighted by molar-refractivity contribution is 5.21. The summed E-state index contributed by atoms with van der Waals surface area (Å²) in [6.45, 7) is 0.980. The molecule has 104 valence electrons. The van der Waals surface area contributed by atoms with E-state index in [1.807, 2.05) is 0 Å². The van der Waals surface area contributed by atoms with Crippen molar-refractivity contribution in [3.8, 4) is 0 Å². The molecule has 0 saturated heterocycles. The Kier molecular flexibility index (Phi) is 5.05. The second-order valence-corrected chi connectivity index (χ2v) is 4.89. The van der Waals surface area contributed by atoms with Crippen molar-refractivity contribution in [3.63, 3.8) is 0 Å². The van der Waals surface area contributed by atoms with Crippen molar-refractivity contribution in [3.05, 3.63) is 47.0 Å². The number of nitrogens with one attached hydrogen (secondary N) is 1. The first-order chi connectivity index (χ1) is 9.16. The van der Waals surface area contributed by atoms with Gasteiger partial charge in [-0.1, -0.05) is 11.6 Å². The number of rotatable bonds is 6. The van der Waals surface area contributed by atoms with E-state index in [-0.39, 0.29) is 12.1 Å². The Hall–Kier alpha value is -1.26. The predicted molar refractivity (Wildman–Crippen MR) is 70.7 cm³/mol. The maximum atomic E-state index is 13.4. The summed E-state index contributed by atoms with van der Waals surface area (Å²) in [4.78, 5) is 0. The minimum absolute atomic E-state index is 0.00702. The Balaban J connectivity index is 1.77. The molecular formula is C15H19F2NO. The normalized spacial score (nSPS) is 16.5. The van der Waals surface area contributed by atoms with E-state index >= 15 is 0 Å². The van der Waals surface area contributed by atoms with Gasteiger partial charge in [0.25, 0.3) is 0 Å². The van der Waals surface area contributed by atoms with Crippen molar-refractivity contribution < 1.29 is 13.9 Å². The molecular weight excluding hydrogens is 248 g/mol. The molecule has 0 heterocycles. The van der Waals surface area contributed by atoms with E-state index < -0.39 is 17.7 Å². The zero-order valence-corrected chi connectivity index (χ0v) is 10.8. The van der Waals surface area contributed by atoms with Gasteiger partial charge in [0.05, 0.1) is 6.10 Å². The second kappa shape index (κ2) is 6.78. The molecule has 2 nitrogen and oxygen atoms in total. The third kappa shape index (κ3) is 4.11. The minimum atomic E-state index is -1.02. The Morgan fingerprint density at radius 1 is 1.32 bits per heavy atom. The van der Waals surface area contributed by atoms with Gasteiger partial charge in [0.2, 0.25) is 0 Å². The smallest absolute Gasteiger partial charge is 0.129 e. The third-order valence-corrected chi connectivity index (χ3v) is 3.41. The van der Waals surface area contributed by atoms with Gasteiger partial charge in [-0.3, -0.25) is 0 Å². The van der Waals surface area contributed by atoms with Crippen LogP contribution in [-0.4, -0.2) is 18.2 Å². The number of halogens is 2. The van der Waals surface area contributed by atoms with Crippen LogP contribution in [0.25, 0.3) is 0 Å². The van der Waals surface area contributed by atoms with E-state index in [2.05, 4.69) is 11.4 Å². The first-order valence-electron chi connectivity index (χ1n) is 6.68. The van der Waals surface area contributed by atoms with Crippen molar-refractivity contribution in [1.29, 1.82) is 0 Å². The van der Waals surface area contributed by atoms with Gasteiger partial charge >= 0.3 is 0 Å². The SMILES string of the molecule is OC(CNCCC1=CCCC1)c1cc(F)ccc1F. The summed E-state index contributed by atoms with van der Waals surface area (Å²) >= 11 is 0. The van der Waals surface area contributed by atoms with Crippen LogP contribution in [0.3, 0.4) is 0 Å². The zero-order chi connectivity index (χ0) is 13.7. The van der Waals surface area contributed by atoms with Crippen molar-refractivity contribution in [2.45, 2.75) is 31.8 Å². The van der Waals surface area contributed by atoms with Gasteiger partial charge in [-0.25, -0.2) is 8.78 Å². The number of hydrogen-bond acceptors (Lipinski definition) is 2. The zero-order valence-electron chi connectivity index (χ0n) is 10.8. The standard InChI is InChI=1S/C15H19F2NO/c16-12-5-6-14(17)13(9-12)15(19)10-18-8-7-11-3-1-2-4-11/h3,5-6,9,15,18-19H,1-2,4,7-8,10H2. The highest BCUT2D eigenvalue weighted by atomic mass is 19.1. The lowest BCUT2D eigenvalue weighted by Crippen LogP contribution is -2.23. The monoisotopic (exact) mass is 267 g/mol. The molecule has 0 aliphatic heterocycles. The second-order valence-electron chi connectivity index (χ2n) is 4.89. The van der Waals surface area contributed by atoms with Crippen LogP contribution in [0.2, 0.25) is 0 Å². The Morgan fingerprint density at radius 3 is 2.89 bits per heavy atom. The molecule has 1 aliphatic carbocycles. The van der Waals surface area contributed by atoms with Crippen LogP contribution in [0.5, 0.6) is 0 Å². The summed E-state index contributed by atoms with van der Waals surface area (Å²) < 4.78 is 26.4. The number of aliphatic hydroxyl groups excluding tert-OH is 1. The average Bonchev–Trinajstić information content (AvgIpc) is 2.90. The lowest BCUT2D eigenvalue weighted by Gasteiger charge is -2.13. The number of benzene rings is 1. The summed E-state index contributed by atoms with van der Waals surface area (Å²) in [5.41, 5.74) is 1.45. The molecule has 0 fully saturated rings. The molecule has 0 spiro atoms. The largest absolute Gasteiger partial charge is 0.387 e. The number of aliphatic hydroxyl groups is 1. The molecule has 0 bridgehead atoms. The molecule has 19 heavy (non-hydrogen) atoms. The van der Waals surface area contributed by atoms with E-state index in [0.717, 1.165) is 44.0 Å². The maximum Gasteiger partial charge on any atom is 0.129 e. The topological polar surface area (TPSA) is 32.3 Å². The predicted octanol–water partition coefficient (Wildman–Crippen LogP) is 3.09. The van der Waals surface area contributed by atoms with E-state index in [9.17, 15) is 13.9 Å². The highest BCUT2D eigenvalue weighted by Crippen LogP contribution is 2.20. The summed E-state index contributed by atoms with van der Waals surface area (Å²) in [5.74, 6) is -1.11. The van der Waals surface area contributed by atoms with E-state index in [4.69, 9.17) is 0 Å². The van der Waals surface area contributed by atoms with Crippen molar-refractivity contribution in [2.75, 3.05) is 13.1 Å². The molecule has 1 aromatic carbocycles. The first kappa shape index (κ1) is 14.2. The van der Waals surface area contributed by atoms with Crippen LogP contribution in [0.4, 0.5) is 8.78 Å². The van der Waals surface area contributed by atoms with Crippen LogP contribution in [0, 0.1) is 11.6 Å². The molecule has 1 aliphatic rings. The lowest BCUT2D eigenvalue weighted by atomic mass is 10.1. The lowest BCUT2D eigenvalue weighted by molar-refractivity contribution is 0.170. The Morgan fingerprint density at radius 2 is 2.16 bits per heavy atom. The molecule has 4 heteroatoms. The maximum absolute atomic E-state index is 13.4. The fourth-order valence-corrected chi connectivity index (χ4v) is 2.33. The van der Waals surface area contributed by atoms with Crippen LogP contribution in [0.1, 0.15) is 37.4 Å². The van der Waals surface area contributed by atoms with Crippen LogP contribution < -0.4 is 5.32 Å². The van der Waals surface area contributed by atoms with Crippen LogP contribution in [0.15, 0.2) is 29.8 Å². The molecule has 1 unspecified atom stereocenters. The van der Waals surface area contributed by atoms with Gasteiger partial charge in [0.15, 0.2) is 0 Å². The fraction of sp³-hybridized carbons (Fsp3) is 0.467. The number of hydrogen-bond donors (Lipinski definition) is 2. The van der Waals surface area contributed by atoms with Crippen molar-refractivity contribution >= 4 is 0 Å². The molecule has 1 atom stereocenters. The third-order valence-electron chi connectivity index (χ3n) is 3.41. The quantitative estimate of drug-likeness (QED) is 0.613. The molecule has 2 N–H and O–H groups in total. The van der Waals surface area contributed by atoms with Gasteiger partial charge in [-0.15, -0.1) is 0 Å². The van der Waals surface area contributed by atoms with E-state index in [0.29, 0.717) is 0 Å². The molecule has 0 amide bonds. The minimum Gasteiger partial charge on any atom is -0.387 e. The van der Waals surface area contributed by atoms with Crippen LogP contribution >= 0.6 is 0 Å². The summed E-state index contributed by atoms with van der Waals surface area (Å²) in [6.07, 6.45) is 5.73. The van der Waals surface area contributed by atoms with Gasteiger partial charge < -0.3 is 10.4 Å². The van der Waals surface area contributed by atoms with E-state index in [1.165, 1.54) is 12.0 Å².